The second kappa shape index (κ2) is 16.7. The fourth-order valence-corrected chi connectivity index (χ4v) is 11.9. The number of hydrogen-bond donors (Lipinski definition) is 10. The first-order valence-corrected chi connectivity index (χ1v) is 20.4. The molecule has 4 aliphatic carbocycles. The number of fused-ring (bicyclic) bond motifs is 1. The van der Waals surface area contributed by atoms with Gasteiger partial charge in [0.1, 0.15) is 17.1 Å². The first-order valence-electron chi connectivity index (χ1n) is 20.4. The van der Waals surface area contributed by atoms with Gasteiger partial charge in [0.05, 0.1) is 57.8 Å². The molecule has 336 valence electrons. The Bertz CT molecular complexity index is 2450. The maximum absolute atomic E-state index is 14.3. The average molecular weight is 866 g/mol. The molecule has 21 heteroatoms. The first kappa shape index (κ1) is 44.6. The molecule has 4 fully saturated rings. The fourth-order valence-electron chi connectivity index (χ4n) is 11.9. The fraction of sp³-hybridized carbons (Fsp3) is 0.561. The van der Waals surface area contributed by atoms with Crippen molar-refractivity contribution < 1.29 is 55.2 Å². The van der Waals surface area contributed by atoms with E-state index < -0.39 is 129 Å². The van der Waals surface area contributed by atoms with E-state index in [2.05, 4.69) is 16.0 Å². The van der Waals surface area contributed by atoms with E-state index >= 15 is 0 Å². The van der Waals surface area contributed by atoms with E-state index in [-0.39, 0.29) is 69.8 Å². The molecule has 3 aromatic heterocycles. The molecule has 1 aliphatic heterocycles. The number of carbonyl (C=O) groups is 3. The maximum Gasteiger partial charge on any atom is 0.268 e. The van der Waals surface area contributed by atoms with Crippen molar-refractivity contribution in [3.8, 4) is 11.5 Å². The first-order chi connectivity index (χ1) is 29.4. The molecule has 21 nitrogen and oxygen atoms in total. The highest BCUT2D eigenvalue weighted by Gasteiger charge is 2.73. The molecule has 4 bridgehead atoms. The number of nitrogens with two attached hydrogens (primary N) is 1. The van der Waals surface area contributed by atoms with E-state index in [9.17, 15) is 69.6 Å². The Labute approximate surface area is 353 Å². The highest BCUT2D eigenvalue weighted by Crippen LogP contribution is 2.78. The molecule has 4 unspecified atom stereocenters. The summed E-state index contributed by atoms with van der Waals surface area (Å²) >= 11 is 0. The molecule has 3 aromatic rings. The van der Waals surface area contributed by atoms with E-state index in [0.717, 1.165) is 33.7 Å². The van der Waals surface area contributed by atoms with Crippen LogP contribution in [0.3, 0.4) is 0 Å². The van der Waals surface area contributed by atoms with Crippen LogP contribution in [-0.4, -0.2) is 126 Å². The molecule has 1 spiro atoms. The molecule has 0 saturated heterocycles. The smallest absolute Gasteiger partial charge is 0.268 e. The van der Waals surface area contributed by atoms with Gasteiger partial charge in [-0.15, -0.1) is 0 Å². The van der Waals surface area contributed by atoms with E-state index in [1.807, 2.05) is 0 Å². The van der Waals surface area contributed by atoms with Gasteiger partial charge in [-0.2, -0.15) is 0 Å². The summed E-state index contributed by atoms with van der Waals surface area (Å²) in [6.07, 6.45) is 1.12. The highest BCUT2D eigenvalue weighted by atomic mass is 16.3. The zero-order valence-electron chi connectivity index (χ0n) is 33.7. The number of aliphatic hydroxyl groups excluding tert-OH is 6. The van der Waals surface area contributed by atoms with Crippen LogP contribution in [0, 0.1) is 21.7 Å². The molecule has 4 heterocycles. The summed E-state index contributed by atoms with van der Waals surface area (Å²) in [5.74, 6) is -5.68. The SMILES string of the molecule is NC[C@@]12C[C@@]3(CNC(=O)c4c([O-])c(=O)ccn4CC(O)CO)C[C@@](CNC(=O)c4c([O-])c(=O)ccn4CC(O)CO)(C1)C1c4c(n(CC(O)CO)ccc4=O)C(=O)NC[C@@]1(C3)C2. The molecular weight excluding hydrogens is 814 g/mol. The third-order valence-electron chi connectivity index (χ3n) is 13.4. The molecule has 8 atom stereocenters. The summed E-state index contributed by atoms with van der Waals surface area (Å²) < 4.78 is 3.53. The maximum atomic E-state index is 14.3. The molecule has 5 aliphatic rings. The van der Waals surface area contributed by atoms with E-state index in [4.69, 9.17) is 5.73 Å². The zero-order valence-corrected chi connectivity index (χ0v) is 33.7. The lowest BCUT2D eigenvalue weighted by Gasteiger charge is -2.74. The van der Waals surface area contributed by atoms with E-state index in [0.29, 0.717) is 12.8 Å². The van der Waals surface area contributed by atoms with Crippen molar-refractivity contribution in [3.63, 3.8) is 0 Å². The van der Waals surface area contributed by atoms with Gasteiger partial charge in [0, 0.05) is 67.9 Å². The lowest BCUT2D eigenvalue weighted by atomic mass is 9.31. The Hall–Kier alpha value is -5.42. The van der Waals surface area contributed by atoms with Gasteiger partial charge in [-0.3, -0.25) is 28.8 Å². The molecule has 62 heavy (non-hydrogen) atoms. The van der Waals surface area contributed by atoms with Crippen LogP contribution >= 0.6 is 0 Å². The van der Waals surface area contributed by atoms with Crippen molar-refractivity contribution in [2.24, 2.45) is 27.4 Å². The summed E-state index contributed by atoms with van der Waals surface area (Å²) in [5.41, 5.74) is -0.770. The second-order valence-electron chi connectivity index (χ2n) is 17.9. The van der Waals surface area contributed by atoms with Crippen LogP contribution in [0.4, 0.5) is 0 Å². The number of pyridine rings is 3. The number of amides is 3. The van der Waals surface area contributed by atoms with Gasteiger partial charge in [-0.05, 0) is 71.8 Å². The number of carbonyl (C=O) groups excluding carboxylic acids is 3. The Morgan fingerprint density at radius 2 is 1.18 bits per heavy atom. The number of nitrogens with one attached hydrogen (secondary N) is 3. The standard InChI is InChI=1S/C41H53N7O14/c42-18-38-13-39(19-43-36(61)30-32(58)26(56)2-5-47(30)8-23(53)11-50)16-40(14-38)20-44-35(60)29-28(25(55)1-4-46(29)7-22(52)10-49)34(40)41(15-38,17-39)21-45-37(62)31-33(59)27(57)3-6-48(31)9-24(54)12-51/h1-6,22-24,34,49-54,58-59H,7-21,42H2,(H,43,61)(H,44,60)(H,45,62)/p-2/t22?,23?,24?,34?,38-,39+,40+,41-/m1/s1. The highest BCUT2D eigenvalue weighted by molar-refractivity contribution is 5.96. The monoisotopic (exact) mass is 865 g/mol. The van der Waals surface area contributed by atoms with Gasteiger partial charge < -0.3 is 76.2 Å². The second-order valence-corrected chi connectivity index (χ2v) is 17.9. The lowest BCUT2D eigenvalue weighted by molar-refractivity contribution is -0.271. The number of nitrogens with zero attached hydrogens (tertiary/aromatic N) is 3. The van der Waals surface area contributed by atoms with Gasteiger partial charge >= 0.3 is 0 Å². The lowest BCUT2D eigenvalue weighted by Crippen LogP contribution is -2.71. The molecule has 4 saturated carbocycles. The normalized spacial score (nSPS) is 27.3. The van der Waals surface area contributed by atoms with Gasteiger partial charge in [0.15, 0.2) is 16.3 Å². The Balaban J connectivity index is 1.36. The van der Waals surface area contributed by atoms with Crippen LogP contribution in [-0.2, 0) is 19.6 Å². The number of aliphatic hydroxyl groups is 6. The van der Waals surface area contributed by atoms with Crippen molar-refractivity contribution >= 4 is 17.7 Å². The Kier molecular flexibility index (Phi) is 12.0. The summed E-state index contributed by atoms with van der Waals surface area (Å²) in [6.45, 7) is -3.37. The number of rotatable bonds is 16. The Morgan fingerprint density at radius 1 is 0.710 bits per heavy atom. The minimum Gasteiger partial charge on any atom is -0.868 e. The quantitative estimate of drug-likeness (QED) is 0.0644. The van der Waals surface area contributed by atoms with Crippen LogP contribution in [0.1, 0.15) is 75.1 Å². The summed E-state index contributed by atoms with van der Waals surface area (Å²) in [6, 6.07) is 3.13. The van der Waals surface area contributed by atoms with Gasteiger partial charge in [-0.25, -0.2) is 0 Å². The molecule has 0 aromatic carbocycles. The zero-order chi connectivity index (χ0) is 44.9. The molecule has 3 amide bonds. The van der Waals surface area contributed by atoms with Crippen molar-refractivity contribution in [1.29, 1.82) is 0 Å². The van der Waals surface area contributed by atoms with E-state index in [1.54, 1.807) is 0 Å². The molecular formula is C41H51N7O14-2. The topological polar surface area (TPSA) is 347 Å². The van der Waals surface area contributed by atoms with Gasteiger partial charge in [0.2, 0.25) is 0 Å². The molecule has 0 radical (unpaired) electrons. The van der Waals surface area contributed by atoms with Crippen LogP contribution in [0.2, 0.25) is 0 Å². The summed E-state index contributed by atoms with van der Waals surface area (Å²) in [5, 5.41) is 94.6. The van der Waals surface area contributed by atoms with Crippen LogP contribution < -0.4 is 48.2 Å². The summed E-state index contributed by atoms with van der Waals surface area (Å²) in [4.78, 5) is 81.8. The average Bonchev–Trinajstić information content (AvgIpc) is 3.37. The van der Waals surface area contributed by atoms with Gasteiger partial charge in [0.25, 0.3) is 17.7 Å². The van der Waals surface area contributed by atoms with Crippen LogP contribution in [0.15, 0.2) is 51.2 Å². The third-order valence-corrected chi connectivity index (χ3v) is 13.4. The molecule has 8 rings (SSSR count). The summed E-state index contributed by atoms with van der Waals surface area (Å²) in [7, 11) is 0. The van der Waals surface area contributed by atoms with Crippen molar-refractivity contribution in [1.82, 2.24) is 29.7 Å². The van der Waals surface area contributed by atoms with Crippen molar-refractivity contribution in [3.05, 3.63) is 90.1 Å². The number of hydrogen-bond acceptors (Lipinski definition) is 15. The third kappa shape index (κ3) is 7.71. The minimum absolute atomic E-state index is 0.00425. The predicted molar refractivity (Wildman–Crippen MR) is 212 cm³/mol. The number of aromatic nitrogens is 3. The minimum atomic E-state index is -1.40. The Morgan fingerprint density at radius 3 is 1.71 bits per heavy atom. The molecule has 11 N–H and O–H groups in total. The van der Waals surface area contributed by atoms with Crippen molar-refractivity contribution in [2.45, 2.75) is 76.0 Å². The predicted octanol–water partition coefficient (Wildman–Crippen LogP) is -5.04. The largest absolute Gasteiger partial charge is 0.868 e. The van der Waals surface area contributed by atoms with Gasteiger partial charge in [-0.1, -0.05) is 0 Å². The van der Waals surface area contributed by atoms with E-state index in [1.165, 1.54) is 16.8 Å². The van der Waals surface area contributed by atoms with Crippen molar-refractivity contribution in [2.75, 3.05) is 46.0 Å². The van der Waals surface area contributed by atoms with Crippen LogP contribution in [0.25, 0.3) is 0 Å². The van der Waals surface area contributed by atoms with Crippen LogP contribution in [0.5, 0.6) is 11.5 Å².